The van der Waals surface area contributed by atoms with Gasteiger partial charge in [0.15, 0.2) is 0 Å². The van der Waals surface area contributed by atoms with E-state index in [1.54, 1.807) is 0 Å². The van der Waals surface area contributed by atoms with E-state index in [-0.39, 0.29) is 0 Å². The van der Waals surface area contributed by atoms with Crippen molar-refractivity contribution >= 4 is 36.4 Å². The Bertz CT molecular complexity index is 209. The van der Waals surface area contributed by atoms with Gasteiger partial charge in [0.25, 0.3) is 27.9 Å². The lowest BCUT2D eigenvalue weighted by Gasteiger charge is -2.37. The standard InChI is InChI=1S/C7H23NO4Si4/c1-13-9-14(2)11-16(4,7-5-6-8)12-15(3)10-13/h13-15H,5-8H2,1-4H3. The molecule has 0 spiro atoms. The van der Waals surface area contributed by atoms with Crippen molar-refractivity contribution in [3.63, 3.8) is 0 Å². The van der Waals surface area contributed by atoms with Crippen LogP contribution in [0.1, 0.15) is 6.42 Å². The van der Waals surface area contributed by atoms with Gasteiger partial charge in [0.1, 0.15) is 0 Å². The highest BCUT2D eigenvalue weighted by atomic mass is 28.5. The minimum atomic E-state index is -2.08. The molecular formula is C7H23NO4Si4. The summed E-state index contributed by atoms with van der Waals surface area (Å²) in [6.45, 7) is 8.96. The summed E-state index contributed by atoms with van der Waals surface area (Å²) in [6, 6.07) is 0.945. The van der Waals surface area contributed by atoms with E-state index in [1.165, 1.54) is 0 Å². The van der Waals surface area contributed by atoms with Crippen LogP contribution in [0.25, 0.3) is 0 Å². The number of hydrogen-bond donors (Lipinski definition) is 1. The molecule has 1 fully saturated rings. The van der Waals surface area contributed by atoms with Crippen molar-refractivity contribution in [2.75, 3.05) is 6.54 Å². The second kappa shape index (κ2) is 6.56. The van der Waals surface area contributed by atoms with E-state index >= 15 is 0 Å². The van der Waals surface area contributed by atoms with Gasteiger partial charge in [0.2, 0.25) is 0 Å². The summed E-state index contributed by atoms with van der Waals surface area (Å²) in [4.78, 5) is 0. The molecule has 0 aliphatic carbocycles. The van der Waals surface area contributed by atoms with Crippen molar-refractivity contribution in [3.05, 3.63) is 0 Å². The molecular weight excluding hydrogens is 274 g/mol. The van der Waals surface area contributed by atoms with Crippen LogP contribution in [0.15, 0.2) is 0 Å². The van der Waals surface area contributed by atoms with Crippen LogP contribution in [0.3, 0.4) is 0 Å². The summed E-state index contributed by atoms with van der Waals surface area (Å²) in [5.74, 6) is 0. The summed E-state index contributed by atoms with van der Waals surface area (Å²) in [5.41, 5.74) is 5.54. The van der Waals surface area contributed by atoms with Crippen LogP contribution in [0.2, 0.25) is 32.2 Å². The molecule has 0 amide bonds. The Labute approximate surface area is 104 Å². The molecule has 96 valence electrons. The smallest absolute Gasteiger partial charge is 0.317 e. The maximum Gasteiger partial charge on any atom is 0.317 e. The third kappa shape index (κ3) is 4.89. The van der Waals surface area contributed by atoms with E-state index in [1.807, 2.05) is 6.55 Å². The molecule has 1 aliphatic rings. The van der Waals surface area contributed by atoms with Crippen LogP contribution in [-0.4, -0.2) is 43.0 Å². The van der Waals surface area contributed by atoms with E-state index < -0.39 is 36.4 Å². The van der Waals surface area contributed by atoms with Crippen LogP contribution in [0.5, 0.6) is 0 Å². The third-order valence-corrected chi connectivity index (χ3v) is 16.5. The first kappa shape index (κ1) is 14.7. The molecule has 0 aromatic carbocycles. The highest BCUT2D eigenvalue weighted by molar-refractivity contribution is 6.81. The van der Waals surface area contributed by atoms with Crippen LogP contribution in [0.4, 0.5) is 0 Å². The zero-order valence-corrected chi connectivity index (χ0v) is 15.0. The van der Waals surface area contributed by atoms with Crippen LogP contribution in [-0.2, 0) is 16.5 Å². The van der Waals surface area contributed by atoms with Crippen LogP contribution < -0.4 is 5.73 Å². The van der Waals surface area contributed by atoms with Gasteiger partial charge < -0.3 is 22.2 Å². The van der Waals surface area contributed by atoms with Gasteiger partial charge in [-0.05, 0) is 45.2 Å². The minimum absolute atomic E-state index is 0.689. The van der Waals surface area contributed by atoms with E-state index in [0.29, 0.717) is 6.54 Å². The van der Waals surface area contributed by atoms with Gasteiger partial charge in [-0.3, -0.25) is 0 Å². The molecule has 0 saturated carbocycles. The number of nitrogens with two attached hydrogens (primary N) is 1. The SMILES string of the molecule is C[SiH]1O[SiH](C)O[Si](C)(CCCN)O[SiH](C)O1. The van der Waals surface area contributed by atoms with Gasteiger partial charge in [0, 0.05) is 0 Å². The predicted molar refractivity (Wildman–Crippen MR) is 73.5 cm³/mol. The maximum atomic E-state index is 6.09. The van der Waals surface area contributed by atoms with Crippen molar-refractivity contribution in [1.29, 1.82) is 0 Å². The fourth-order valence-corrected chi connectivity index (χ4v) is 16.6. The van der Waals surface area contributed by atoms with Crippen molar-refractivity contribution in [2.24, 2.45) is 5.73 Å². The van der Waals surface area contributed by atoms with Crippen LogP contribution >= 0.6 is 0 Å². The third-order valence-electron chi connectivity index (χ3n) is 2.43. The molecule has 9 heteroatoms. The lowest BCUT2D eigenvalue weighted by Crippen LogP contribution is -2.53. The zero-order valence-electron chi connectivity index (χ0n) is 10.6. The summed E-state index contributed by atoms with van der Waals surface area (Å²) >= 11 is 0. The molecule has 2 N–H and O–H groups in total. The van der Waals surface area contributed by atoms with Crippen molar-refractivity contribution in [1.82, 2.24) is 0 Å². The van der Waals surface area contributed by atoms with E-state index in [2.05, 4.69) is 19.6 Å². The van der Waals surface area contributed by atoms with Gasteiger partial charge in [-0.2, -0.15) is 0 Å². The maximum absolute atomic E-state index is 6.09. The number of hydrogen-bond acceptors (Lipinski definition) is 5. The highest BCUT2D eigenvalue weighted by Gasteiger charge is 2.38. The molecule has 2 atom stereocenters. The topological polar surface area (TPSA) is 62.9 Å². The second-order valence-corrected chi connectivity index (χ2v) is 14.5. The summed E-state index contributed by atoms with van der Waals surface area (Å²) in [6.07, 6.45) is 0.956. The summed E-state index contributed by atoms with van der Waals surface area (Å²) in [7, 11) is -6.71. The molecule has 1 rings (SSSR count). The van der Waals surface area contributed by atoms with E-state index in [9.17, 15) is 0 Å². The summed E-state index contributed by atoms with van der Waals surface area (Å²) in [5, 5.41) is 0. The first-order valence-corrected chi connectivity index (χ1v) is 14.6. The Morgan fingerprint density at radius 2 is 1.50 bits per heavy atom. The first-order valence-electron chi connectivity index (χ1n) is 5.82. The average molecular weight is 298 g/mol. The Kier molecular flexibility index (Phi) is 6.04. The molecule has 1 aliphatic heterocycles. The van der Waals surface area contributed by atoms with Crippen molar-refractivity contribution in [2.45, 2.75) is 38.7 Å². The Hall–Kier alpha value is 0.668. The van der Waals surface area contributed by atoms with Crippen LogP contribution in [0, 0.1) is 0 Å². The predicted octanol–water partition coefficient (Wildman–Crippen LogP) is 0.0381. The van der Waals surface area contributed by atoms with Gasteiger partial charge in [0.05, 0.1) is 0 Å². The van der Waals surface area contributed by atoms with Gasteiger partial charge in [-0.25, -0.2) is 0 Å². The lowest BCUT2D eigenvalue weighted by molar-refractivity contribution is 0.274. The normalized spacial score (nSPS) is 41.4. The Morgan fingerprint density at radius 3 is 1.94 bits per heavy atom. The lowest BCUT2D eigenvalue weighted by atomic mass is 10.5. The second-order valence-electron chi connectivity index (χ2n) is 4.24. The average Bonchev–Trinajstić information content (AvgIpc) is 2.11. The van der Waals surface area contributed by atoms with Crippen molar-refractivity contribution in [3.8, 4) is 0 Å². The molecule has 0 radical (unpaired) electrons. The molecule has 5 nitrogen and oxygen atoms in total. The number of rotatable bonds is 3. The monoisotopic (exact) mass is 297 g/mol. The van der Waals surface area contributed by atoms with E-state index in [0.717, 1.165) is 12.5 Å². The largest absolute Gasteiger partial charge is 0.420 e. The molecule has 1 heterocycles. The van der Waals surface area contributed by atoms with Gasteiger partial charge >= 0.3 is 8.56 Å². The van der Waals surface area contributed by atoms with Gasteiger partial charge in [-0.1, -0.05) is 0 Å². The fraction of sp³-hybridized carbons (Fsp3) is 1.00. The van der Waals surface area contributed by atoms with Crippen molar-refractivity contribution < 1.29 is 16.5 Å². The molecule has 0 aromatic rings. The molecule has 2 unspecified atom stereocenters. The quantitative estimate of drug-likeness (QED) is 0.745. The zero-order chi connectivity index (χ0) is 12.2. The minimum Gasteiger partial charge on any atom is -0.420 e. The Balaban J connectivity index is 2.61. The highest BCUT2D eigenvalue weighted by Crippen LogP contribution is 2.21. The molecule has 0 aromatic heterocycles. The molecule has 1 saturated heterocycles. The first-order chi connectivity index (χ1) is 7.45. The molecule has 16 heavy (non-hydrogen) atoms. The fourth-order valence-electron chi connectivity index (χ4n) is 1.90. The molecule has 0 bridgehead atoms. The van der Waals surface area contributed by atoms with E-state index in [4.69, 9.17) is 22.2 Å². The van der Waals surface area contributed by atoms with Gasteiger partial charge in [-0.15, -0.1) is 0 Å². The summed E-state index contributed by atoms with van der Waals surface area (Å²) < 4.78 is 23.8. The Morgan fingerprint density at radius 1 is 1.00 bits per heavy atom.